The molecule has 188 valence electrons. The SMILES string of the molecule is CN(C)c1ccc(NC(=O)CN2CCN(C(=O)[O-])CCN(C(=O)[O-])CCN(C(=O)[O-])CC2)cc1. The maximum Gasteiger partial charge on any atom is 0.238 e. The monoisotopic (exact) mass is 477 g/mol. The van der Waals surface area contributed by atoms with Crippen LogP contribution >= 0.6 is 0 Å². The Morgan fingerprint density at radius 2 is 1.12 bits per heavy atom. The standard InChI is InChI=1S/C21H32N6O7/c1-23(2)17-5-3-16(4-6-17)22-18(28)15-24-7-9-25(19(29)30)11-13-27(21(33)34)14-12-26(10-8-24)20(31)32/h3-6H,7-15H2,1-2H3,(H,22,28)(H,29,30)(H,31,32)(H,33,34)/p-3. The second kappa shape index (κ2) is 12.5. The summed E-state index contributed by atoms with van der Waals surface area (Å²) in [5, 5.41) is 37.0. The first-order valence-electron chi connectivity index (χ1n) is 10.7. The molecule has 0 atom stereocenters. The topological polar surface area (TPSA) is 166 Å². The molecule has 0 spiro atoms. The molecule has 13 heteroatoms. The Morgan fingerprint density at radius 1 is 0.735 bits per heavy atom. The second-order valence-electron chi connectivity index (χ2n) is 8.02. The molecule has 34 heavy (non-hydrogen) atoms. The van der Waals surface area contributed by atoms with Crippen molar-refractivity contribution >= 4 is 35.6 Å². The number of hydrogen-bond donors (Lipinski definition) is 1. The van der Waals surface area contributed by atoms with Gasteiger partial charge in [-0.25, -0.2) is 0 Å². The van der Waals surface area contributed by atoms with Crippen LogP contribution in [0.2, 0.25) is 0 Å². The molecule has 1 aliphatic heterocycles. The number of nitrogens with zero attached hydrogens (tertiary/aromatic N) is 5. The Hall–Kier alpha value is -3.74. The molecule has 0 aromatic heterocycles. The maximum atomic E-state index is 12.6. The normalized spacial score (nSPS) is 16.2. The van der Waals surface area contributed by atoms with E-state index in [9.17, 15) is 34.5 Å². The molecule has 1 N–H and O–H groups in total. The summed E-state index contributed by atoms with van der Waals surface area (Å²) in [6, 6.07) is 7.19. The summed E-state index contributed by atoms with van der Waals surface area (Å²) in [5.41, 5.74) is 1.54. The van der Waals surface area contributed by atoms with Crippen LogP contribution in [0.1, 0.15) is 0 Å². The highest BCUT2D eigenvalue weighted by atomic mass is 16.4. The van der Waals surface area contributed by atoms with E-state index in [4.69, 9.17) is 0 Å². The smallest absolute Gasteiger partial charge is 0.238 e. The summed E-state index contributed by atoms with van der Waals surface area (Å²) in [6.45, 7) is -0.789. The van der Waals surface area contributed by atoms with Crippen molar-refractivity contribution in [2.24, 2.45) is 0 Å². The van der Waals surface area contributed by atoms with Crippen molar-refractivity contribution in [3.05, 3.63) is 24.3 Å². The number of carbonyl (C=O) groups is 4. The van der Waals surface area contributed by atoms with Crippen LogP contribution in [0.4, 0.5) is 25.8 Å². The summed E-state index contributed by atoms with van der Waals surface area (Å²) in [5.74, 6) is -0.354. The number of rotatable bonds is 4. The third-order valence-electron chi connectivity index (χ3n) is 5.46. The van der Waals surface area contributed by atoms with Crippen molar-refractivity contribution in [2.45, 2.75) is 0 Å². The summed E-state index contributed by atoms with van der Waals surface area (Å²) in [6.07, 6.45) is -4.49. The van der Waals surface area contributed by atoms with Gasteiger partial charge in [0.25, 0.3) is 0 Å². The minimum atomic E-state index is -1.54. The Balaban J connectivity index is 2.08. The Morgan fingerprint density at radius 3 is 1.47 bits per heavy atom. The minimum Gasteiger partial charge on any atom is -0.530 e. The molecular formula is C21H29N6O7-3. The van der Waals surface area contributed by atoms with Crippen LogP contribution in [0.25, 0.3) is 0 Å². The van der Waals surface area contributed by atoms with Crippen LogP contribution in [-0.4, -0.2) is 117 Å². The van der Waals surface area contributed by atoms with E-state index in [0.29, 0.717) is 5.69 Å². The Bertz CT molecular complexity index is 834. The first kappa shape index (κ1) is 26.5. The van der Waals surface area contributed by atoms with E-state index in [0.717, 1.165) is 20.4 Å². The number of amides is 4. The van der Waals surface area contributed by atoms with Crippen molar-refractivity contribution in [3.8, 4) is 0 Å². The molecule has 2 rings (SSSR count). The molecule has 1 aromatic rings. The van der Waals surface area contributed by atoms with Gasteiger partial charge < -0.3 is 54.6 Å². The zero-order chi connectivity index (χ0) is 25.3. The fourth-order valence-electron chi connectivity index (χ4n) is 3.41. The van der Waals surface area contributed by atoms with Crippen LogP contribution < -0.4 is 25.5 Å². The van der Waals surface area contributed by atoms with E-state index in [1.54, 1.807) is 17.0 Å². The van der Waals surface area contributed by atoms with Gasteiger partial charge in [-0.3, -0.25) is 9.69 Å². The zero-order valence-electron chi connectivity index (χ0n) is 19.3. The number of benzene rings is 1. The van der Waals surface area contributed by atoms with Crippen molar-refractivity contribution in [3.63, 3.8) is 0 Å². The summed E-state index contributed by atoms with van der Waals surface area (Å²) in [7, 11) is 3.79. The van der Waals surface area contributed by atoms with Gasteiger partial charge in [0.05, 0.1) is 6.54 Å². The molecule has 1 aliphatic rings. The van der Waals surface area contributed by atoms with Gasteiger partial charge in [-0.15, -0.1) is 0 Å². The van der Waals surface area contributed by atoms with Crippen molar-refractivity contribution in [1.82, 2.24) is 19.6 Å². The van der Waals surface area contributed by atoms with E-state index in [-0.39, 0.29) is 64.8 Å². The van der Waals surface area contributed by atoms with Gasteiger partial charge in [0.1, 0.15) is 18.3 Å². The van der Waals surface area contributed by atoms with E-state index in [2.05, 4.69) is 5.32 Å². The third-order valence-corrected chi connectivity index (χ3v) is 5.46. The lowest BCUT2D eigenvalue weighted by atomic mass is 10.2. The van der Waals surface area contributed by atoms with Gasteiger partial charge in [-0.05, 0) is 24.3 Å². The number of anilines is 2. The predicted octanol–water partition coefficient (Wildman–Crippen LogP) is -3.06. The predicted molar refractivity (Wildman–Crippen MR) is 117 cm³/mol. The van der Waals surface area contributed by atoms with Gasteiger partial charge >= 0.3 is 0 Å². The molecule has 1 saturated heterocycles. The lowest BCUT2D eigenvalue weighted by Crippen LogP contribution is -2.55. The molecule has 13 nitrogen and oxygen atoms in total. The Labute approximate surface area is 197 Å². The van der Waals surface area contributed by atoms with Gasteiger partial charge in [0, 0.05) is 77.8 Å². The van der Waals surface area contributed by atoms with E-state index in [1.165, 1.54) is 0 Å². The molecule has 0 unspecified atom stereocenters. The molecular weight excluding hydrogens is 448 g/mol. The zero-order valence-corrected chi connectivity index (χ0v) is 19.3. The molecule has 4 amide bonds. The molecule has 1 aromatic carbocycles. The number of carboxylic acid groups (broad SMARTS) is 3. The van der Waals surface area contributed by atoms with Crippen LogP contribution in [0.15, 0.2) is 24.3 Å². The molecule has 0 bridgehead atoms. The largest absolute Gasteiger partial charge is 0.530 e. The lowest BCUT2D eigenvalue weighted by molar-refractivity contribution is -0.272. The highest BCUT2D eigenvalue weighted by Gasteiger charge is 2.18. The van der Waals surface area contributed by atoms with Gasteiger partial charge in [0.2, 0.25) is 5.91 Å². The average molecular weight is 477 g/mol. The summed E-state index contributed by atoms with van der Waals surface area (Å²) < 4.78 is 0. The average Bonchev–Trinajstić information content (AvgIpc) is 2.75. The number of hydrogen-bond acceptors (Lipinski definition) is 9. The van der Waals surface area contributed by atoms with Crippen LogP contribution in [0, 0.1) is 0 Å². The number of carbonyl (C=O) groups excluding carboxylic acids is 4. The maximum absolute atomic E-state index is 12.6. The van der Waals surface area contributed by atoms with Crippen molar-refractivity contribution < 1.29 is 34.5 Å². The van der Waals surface area contributed by atoms with E-state index < -0.39 is 18.3 Å². The fourth-order valence-corrected chi connectivity index (χ4v) is 3.41. The first-order chi connectivity index (χ1) is 16.1. The van der Waals surface area contributed by atoms with Crippen LogP contribution in [0.3, 0.4) is 0 Å². The van der Waals surface area contributed by atoms with Gasteiger partial charge in [-0.2, -0.15) is 0 Å². The fraction of sp³-hybridized carbons (Fsp3) is 0.524. The molecule has 1 fully saturated rings. The first-order valence-corrected chi connectivity index (χ1v) is 10.7. The second-order valence-corrected chi connectivity index (χ2v) is 8.02. The highest BCUT2D eigenvalue weighted by molar-refractivity contribution is 5.92. The van der Waals surface area contributed by atoms with E-state index >= 15 is 0 Å². The Kier molecular flexibility index (Phi) is 9.74. The quantitative estimate of drug-likeness (QED) is 0.474. The molecule has 1 heterocycles. The summed E-state index contributed by atoms with van der Waals surface area (Å²) in [4.78, 5) is 53.1. The highest BCUT2D eigenvalue weighted by Crippen LogP contribution is 2.15. The van der Waals surface area contributed by atoms with Crippen LogP contribution in [-0.2, 0) is 4.79 Å². The third kappa shape index (κ3) is 8.31. The molecule has 0 radical (unpaired) electrons. The van der Waals surface area contributed by atoms with Gasteiger partial charge in [-0.1, -0.05) is 0 Å². The van der Waals surface area contributed by atoms with Crippen molar-refractivity contribution in [2.75, 3.05) is 83.2 Å². The van der Waals surface area contributed by atoms with E-state index in [1.807, 2.05) is 31.1 Å². The lowest BCUT2D eigenvalue weighted by Gasteiger charge is -2.36. The molecule has 0 saturated carbocycles. The van der Waals surface area contributed by atoms with Crippen molar-refractivity contribution in [1.29, 1.82) is 0 Å². The summed E-state index contributed by atoms with van der Waals surface area (Å²) >= 11 is 0. The minimum absolute atomic E-state index is 0.0562. The van der Waals surface area contributed by atoms with Gasteiger partial charge in [0.15, 0.2) is 0 Å². The number of nitrogens with one attached hydrogen (secondary N) is 1. The molecule has 0 aliphatic carbocycles. The van der Waals surface area contributed by atoms with Crippen LogP contribution in [0.5, 0.6) is 0 Å².